The zero-order valence-electron chi connectivity index (χ0n) is 16.9. The first kappa shape index (κ1) is 22.2. The minimum atomic E-state index is -0.750. The Morgan fingerprint density at radius 2 is 2.03 bits per heavy atom. The molecule has 0 unspecified atom stereocenters. The highest BCUT2D eigenvalue weighted by Crippen LogP contribution is 2.40. The summed E-state index contributed by atoms with van der Waals surface area (Å²) in [5, 5.41) is 8.33. The Balaban J connectivity index is 1.90. The van der Waals surface area contributed by atoms with Gasteiger partial charge < -0.3 is 25.4 Å². The first-order valence-corrected chi connectivity index (χ1v) is 10.3. The molecular formula is C23H22BrN3O4. The Bertz CT molecular complexity index is 1030. The maximum atomic E-state index is 13.1. The molecule has 8 heteroatoms. The molecule has 0 aliphatic carbocycles. The van der Waals surface area contributed by atoms with Crippen molar-refractivity contribution < 1.29 is 19.1 Å². The quantitative estimate of drug-likeness (QED) is 0.527. The summed E-state index contributed by atoms with van der Waals surface area (Å²) in [6.07, 6.45) is 5.27. The number of urea groups is 1. The lowest BCUT2D eigenvalue weighted by Crippen LogP contribution is -2.53. The number of carbonyl (C=O) groups excluding carboxylic acids is 2. The van der Waals surface area contributed by atoms with Crippen LogP contribution in [0.25, 0.3) is 0 Å². The van der Waals surface area contributed by atoms with Gasteiger partial charge in [-0.25, -0.2) is 4.79 Å². The molecule has 1 saturated heterocycles. The van der Waals surface area contributed by atoms with Crippen molar-refractivity contribution in [1.29, 1.82) is 0 Å². The molecular weight excluding hydrogens is 462 g/mol. The summed E-state index contributed by atoms with van der Waals surface area (Å²) in [6.45, 7) is 4.33. The average molecular weight is 484 g/mol. The van der Waals surface area contributed by atoms with Crippen LogP contribution in [0.3, 0.4) is 0 Å². The van der Waals surface area contributed by atoms with E-state index in [4.69, 9.17) is 15.9 Å². The second kappa shape index (κ2) is 10.0. The Hall–Kier alpha value is -3.44. The van der Waals surface area contributed by atoms with Gasteiger partial charge in [0.25, 0.3) is 0 Å². The van der Waals surface area contributed by atoms with Crippen molar-refractivity contribution in [3.8, 4) is 23.8 Å². The van der Waals surface area contributed by atoms with E-state index < -0.39 is 18.0 Å². The fourth-order valence-electron chi connectivity index (χ4n) is 3.33. The third-order valence-electron chi connectivity index (χ3n) is 4.79. The molecule has 1 heterocycles. The van der Waals surface area contributed by atoms with E-state index in [9.17, 15) is 9.59 Å². The Morgan fingerprint density at radius 1 is 1.29 bits per heavy atom. The minimum absolute atomic E-state index is 0.0769. The molecule has 1 fully saturated rings. The zero-order valence-corrected chi connectivity index (χ0v) is 18.5. The van der Waals surface area contributed by atoms with Crippen LogP contribution in [0.4, 0.5) is 4.79 Å². The lowest BCUT2D eigenvalue weighted by atomic mass is 9.88. The maximum absolute atomic E-state index is 13.1. The molecule has 2 aromatic carbocycles. The molecule has 0 aromatic heterocycles. The lowest BCUT2D eigenvalue weighted by Gasteiger charge is -2.34. The fourth-order valence-corrected chi connectivity index (χ4v) is 3.90. The van der Waals surface area contributed by atoms with Gasteiger partial charge >= 0.3 is 6.03 Å². The van der Waals surface area contributed by atoms with Crippen LogP contribution in [0.15, 0.2) is 59.2 Å². The number of carbonyl (C=O) groups is 2. The van der Waals surface area contributed by atoms with E-state index in [0.717, 1.165) is 5.56 Å². The van der Waals surface area contributed by atoms with Gasteiger partial charge in [-0.2, -0.15) is 0 Å². The molecule has 2 aromatic rings. The Kier molecular flexibility index (Phi) is 7.21. The molecule has 1 aliphatic rings. The number of nitrogens with one attached hydrogen (secondary N) is 3. The third-order valence-corrected chi connectivity index (χ3v) is 5.48. The molecule has 0 bridgehead atoms. The molecule has 160 valence electrons. The molecule has 3 amide bonds. The molecule has 2 atom stereocenters. The Morgan fingerprint density at radius 3 is 2.71 bits per heavy atom. The van der Waals surface area contributed by atoms with Gasteiger partial charge in [0.2, 0.25) is 5.91 Å². The molecule has 1 aliphatic heterocycles. The van der Waals surface area contributed by atoms with Crippen molar-refractivity contribution in [3.05, 3.63) is 70.3 Å². The number of methoxy groups -OCH3 is 1. The van der Waals surface area contributed by atoms with E-state index in [0.29, 0.717) is 33.8 Å². The lowest BCUT2D eigenvalue weighted by molar-refractivity contribution is -0.125. The van der Waals surface area contributed by atoms with Crippen molar-refractivity contribution in [2.24, 2.45) is 5.92 Å². The van der Waals surface area contributed by atoms with Crippen molar-refractivity contribution >= 4 is 27.9 Å². The van der Waals surface area contributed by atoms with Crippen LogP contribution in [0.5, 0.6) is 11.5 Å². The smallest absolute Gasteiger partial charge is 0.319 e. The number of halogens is 1. The van der Waals surface area contributed by atoms with Crippen molar-refractivity contribution in [2.45, 2.75) is 12.6 Å². The van der Waals surface area contributed by atoms with Gasteiger partial charge in [-0.05, 0) is 23.3 Å². The number of ether oxygens (including phenoxy) is 2. The molecule has 0 radical (unpaired) electrons. The zero-order chi connectivity index (χ0) is 22.4. The van der Waals surface area contributed by atoms with Crippen molar-refractivity contribution in [1.82, 2.24) is 16.0 Å². The molecule has 3 rings (SSSR count). The number of terminal acetylenes is 1. The van der Waals surface area contributed by atoms with Gasteiger partial charge in [0, 0.05) is 16.7 Å². The van der Waals surface area contributed by atoms with Gasteiger partial charge in [-0.15, -0.1) is 6.42 Å². The topological polar surface area (TPSA) is 88.7 Å². The second-order valence-corrected chi connectivity index (χ2v) is 7.65. The summed E-state index contributed by atoms with van der Waals surface area (Å²) in [5.74, 6) is 2.25. The van der Waals surface area contributed by atoms with Gasteiger partial charge in [-0.3, -0.25) is 4.79 Å². The van der Waals surface area contributed by atoms with Crippen molar-refractivity contribution in [2.75, 3.05) is 13.7 Å². The van der Waals surface area contributed by atoms with E-state index >= 15 is 0 Å². The molecule has 0 spiro atoms. The van der Waals surface area contributed by atoms with Gasteiger partial charge in [0.15, 0.2) is 11.5 Å². The first-order chi connectivity index (χ1) is 14.9. The predicted molar refractivity (Wildman–Crippen MR) is 120 cm³/mol. The summed E-state index contributed by atoms with van der Waals surface area (Å²) in [4.78, 5) is 25.3. The largest absolute Gasteiger partial charge is 0.493 e. The van der Waals surface area contributed by atoms with Gasteiger partial charge in [-0.1, -0.05) is 58.8 Å². The summed E-state index contributed by atoms with van der Waals surface area (Å²) < 4.78 is 11.6. The number of hydrogen-bond acceptors (Lipinski definition) is 4. The highest BCUT2D eigenvalue weighted by Gasteiger charge is 2.39. The van der Waals surface area contributed by atoms with Gasteiger partial charge in [0.1, 0.15) is 12.5 Å². The highest BCUT2D eigenvalue weighted by atomic mass is 79.9. The maximum Gasteiger partial charge on any atom is 0.319 e. The van der Waals surface area contributed by atoms with Crippen LogP contribution < -0.4 is 25.4 Å². The first-order valence-electron chi connectivity index (χ1n) is 9.46. The van der Waals surface area contributed by atoms with Crippen molar-refractivity contribution in [3.63, 3.8) is 0 Å². The summed E-state index contributed by atoms with van der Waals surface area (Å²) in [5.41, 5.74) is 1.90. The number of rotatable bonds is 7. The standard InChI is InChI=1S/C23H22BrN3O4/c1-4-10-31-19-12-17(24)16(11-18(19)30-3)21-20(14(2)26-23(29)27-21)22(28)25-13-15-8-6-5-7-9-15/h1,5-9,11-12,20-21H,2,10,13H2,3H3,(H,25,28)(H2,26,27,29)/t20-,21+/m0/s1. The Labute approximate surface area is 189 Å². The predicted octanol–water partition coefficient (Wildman–Crippen LogP) is 3.27. The fraction of sp³-hybridized carbons (Fsp3) is 0.217. The summed E-state index contributed by atoms with van der Waals surface area (Å²) in [6, 6.07) is 11.8. The number of benzene rings is 2. The van der Waals surface area contributed by atoms with Gasteiger partial charge in [0.05, 0.1) is 13.2 Å². The van der Waals surface area contributed by atoms with Crippen LogP contribution in [0.2, 0.25) is 0 Å². The molecule has 31 heavy (non-hydrogen) atoms. The number of amides is 3. The SMILES string of the molecule is C#CCOc1cc(Br)c([C@H]2NC(=O)NC(=C)[C@@H]2C(=O)NCc2ccccc2)cc1OC. The summed E-state index contributed by atoms with van der Waals surface area (Å²) in [7, 11) is 1.50. The molecule has 3 N–H and O–H groups in total. The van der Waals surface area contributed by atoms with Crippen LogP contribution in [-0.2, 0) is 11.3 Å². The van der Waals surface area contributed by atoms with E-state index in [1.54, 1.807) is 12.1 Å². The third kappa shape index (κ3) is 5.19. The summed E-state index contributed by atoms with van der Waals surface area (Å²) >= 11 is 3.51. The van der Waals surface area contributed by atoms with E-state index in [2.05, 4.69) is 44.4 Å². The van der Waals surface area contributed by atoms with Crippen LogP contribution in [-0.4, -0.2) is 25.7 Å². The highest BCUT2D eigenvalue weighted by molar-refractivity contribution is 9.10. The van der Waals surface area contributed by atoms with Crippen LogP contribution >= 0.6 is 15.9 Å². The van der Waals surface area contributed by atoms with Crippen LogP contribution in [0, 0.1) is 18.3 Å². The number of hydrogen-bond donors (Lipinski definition) is 3. The van der Waals surface area contributed by atoms with E-state index in [1.807, 2.05) is 30.3 Å². The second-order valence-electron chi connectivity index (χ2n) is 6.80. The monoisotopic (exact) mass is 483 g/mol. The minimum Gasteiger partial charge on any atom is -0.493 e. The van der Waals surface area contributed by atoms with E-state index in [-0.39, 0.29) is 12.5 Å². The molecule has 7 nitrogen and oxygen atoms in total. The van der Waals surface area contributed by atoms with E-state index in [1.165, 1.54) is 7.11 Å². The average Bonchev–Trinajstić information content (AvgIpc) is 2.76. The van der Waals surface area contributed by atoms with Crippen LogP contribution in [0.1, 0.15) is 17.2 Å². The molecule has 0 saturated carbocycles. The normalized spacial score (nSPS) is 17.7.